The molecule has 2 fully saturated rings. The summed E-state index contributed by atoms with van der Waals surface area (Å²) in [6.07, 6.45) is 4.43. The van der Waals surface area contributed by atoms with Gasteiger partial charge in [0.05, 0.1) is 11.5 Å². The summed E-state index contributed by atoms with van der Waals surface area (Å²) in [6.45, 7) is 5.39. The Hall–Kier alpha value is -0.880. The van der Waals surface area contributed by atoms with Gasteiger partial charge >= 0.3 is 0 Å². The average molecular weight is 315 g/mol. The third-order valence-electron chi connectivity index (χ3n) is 4.38. The first kappa shape index (κ1) is 16.5. The fourth-order valence-corrected chi connectivity index (χ4v) is 5.82. The first-order valence-corrected chi connectivity index (χ1v) is 9.10. The average Bonchev–Trinajstić information content (AvgIpc) is 2.36. The van der Waals surface area contributed by atoms with Crippen LogP contribution >= 0.6 is 0 Å². The number of nitrogens with one attached hydrogen (secondary N) is 1. The quantitative estimate of drug-likeness (QED) is 0.605. The molecule has 6 heteroatoms. The van der Waals surface area contributed by atoms with Crippen LogP contribution in [0.2, 0.25) is 0 Å². The zero-order chi connectivity index (χ0) is 15.8. The van der Waals surface area contributed by atoms with Gasteiger partial charge in [-0.2, -0.15) is 0 Å². The van der Waals surface area contributed by atoms with E-state index < -0.39 is 26.7 Å². The normalized spacial score (nSPS) is 33.0. The summed E-state index contributed by atoms with van der Waals surface area (Å²) in [5.41, 5.74) is -0.187. The number of aliphatic hydroxyl groups is 1. The molecule has 2 saturated carbocycles. The van der Waals surface area contributed by atoms with Gasteiger partial charge in [-0.25, -0.2) is 13.1 Å². The SMILES string of the molecule is CC(C)(C)NS(=O)(=O)C1CCCC2CCC(=CO)C(=O)C21. The van der Waals surface area contributed by atoms with Gasteiger partial charge in [-0.1, -0.05) is 6.42 Å². The number of allylic oxidation sites excluding steroid dienone is 1. The standard InChI is InChI=1S/C15H25NO4S/c1-15(2,3)16-21(19,20)12-6-4-5-10-7-8-11(9-17)14(18)13(10)12/h9-10,12-13,16-17H,4-8H2,1-3H3. The molecule has 0 saturated heterocycles. The van der Waals surface area contributed by atoms with Crippen molar-refractivity contribution in [3.05, 3.63) is 11.8 Å². The van der Waals surface area contributed by atoms with Crippen molar-refractivity contribution in [1.29, 1.82) is 0 Å². The Labute approximate surface area is 126 Å². The van der Waals surface area contributed by atoms with Crippen LogP contribution in [0.25, 0.3) is 0 Å². The summed E-state index contributed by atoms with van der Waals surface area (Å²) >= 11 is 0. The van der Waals surface area contributed by atoms with Gasteiger partial charge in [0.25, 0.3) is 0 Å². The van der Waals surface area contributed by atoms with Crippen LogP contribution in [-0.4, -0.2) is 30.1 Å². The van der Waals surface area contributed by atoms with Crippen LogP contribution in [0.4, 0.5) is 0 Å². The lowest BCUT2D eigenvalue weighted by molar-refractivity contribution is -0.123. The predicted octanol–water partition coefficient (Wildman–Crippen LogP) is 2.29. The number of aliphatic hydroxyl groups excluding tert-OH is 1. The molecule has 2 rings (SSSR count). The van der Waals surface area contributed by atoms with Crippen molar-refractivity contribution in [3.8, 4) is 0 Å². The minimum absolute atomic E-state index is 0.122. The van der Waals surface area contributed by atoms with Crippen LogP contribution in [0.5, 0.6) is 0 Å². The summed E-state index contributed by atoms with van der Waals surface area (Å²) in [4.78, 5) is 12.5. The minimum atomic E-state index is -3.56. The van der Waals surface area contributed by atoms with E-state index in [0.717, 1.165) is 25.5 Å². The van der Waals surface area contributed by atoms with Gasteiger partial charge in [0.1, 0.15) is 0 Å². The number of carbonyl (C=O) groups excluding carboxylic acids is 1. The van der Waals surface area contributed by atoms with E-state index in [1.807, 2.05) is 0 Å². The van der Waals surface area contributed by atoms with Crippen molar-refractivity contribution >= 4 is 15.8 Å². The van der Waals surface area contributed by atoms with E-state index in [0.29, 0.717) is 18.4 Å². The topological polar surface area (TPSA) is 83.5 Å². The number of hydrogen-bond acceptors (Lipinski definition) is 4. The second-order valence-corrected chi connectivity index (χ2v) is 9.11. The van der Waals surface area contributed by atoms with Crippen molar-refractivity contribution in [3.63, 3.8) is 0 Å². The summed E-state index contributed by atoms with van der Waals surface area (Å²) in [5.74, 6) is -0.569. The van der Waals surface area contributed by atoms with E-state index in [2.05, 4.69) is 4.72 Å². The zero-order valence-corrected chi connectivity index (χ0v) is 13.7. The Morgan fingerprint density at radius 2 is 1.90 bits per heavy atom. The molecule has 120 valence electrons. The van der Waals surface area contributed by atoms with Crippen LogP contribution in [0.15, 0.2) is 11.8 Å². The van der Waals surface area contributed by atoms with Gasteiger partial charge in [0.15, 0.2) is 5.78 Å². The third-order valence-corrected chi connectivity index (χ3v) is 6.60. The highest BCUT2D eigenvalue weighted by Gasteiger charge is 2.48. The van der Waals surface area contributed by atoms with Gasteiger partial charge in [-0.3, -0.25) is 4.79 Å². The molecule has 0 bridgehead atoms. The molecule has 0 aromatic heterocycles. The van der Waals surface area contributed by atoms with Crippen molar-refractivity contribution in [2.24, 2.45) is 11.8 Å². The molecule has 2 aliphatic carbocycles. The molecule has 0 radical (unpaired) electrons. The zero-order valence-electron chi connectivity index (χ0n) is 12.9. The molecule has 0 aliphatic heterocycles. The maximum atomic E-state index is 12.7. The second kappa shape index (κ2) is 5.72. The monoisotopic (exact) mass is 315 g/mol. The molecule has 3 unspecified atom stereocenters. The van der Waals surface area contributed by atoms with Gasteiger partial charge in [-0.05, 0) is 52.4 Å². The largest absolute Gasteiger partial charge is 0.515 e. The highest BCUT2D eigenvalue weighted by Crippen LogP contribution is 2.43. The molecule has 0 aromatic carbocycles. The van der Waals surface area contributed by atoms with Crippen LogP contribution in [-0.2, 0) is 14.8 Å². The van der Waals surface area contributed by atoms with Crippen molar-refractivity contribution in [2.75, 3.05) is 0 Å². The Kier molecular flexibility index (Phi) is 4.49. The van der Waals surface area contributed by atoms with E-state index in [1.54, 1.807) is 20.8 Å². The maximum Gasteiger partial charge on any atom is 0.215 e. The molecule has 3 atom stereocenters. The number of carbonyl (C=O) groups is 1. The number of fused-ring (bicyclic) bond motifs is 1. The Morgan fingerprint density at radius 3 is 2.48 bits per heavy atom. The summed E-state index contributed by atoms with van der Waals surface area (Å²) in [6, 6.07) is 0. The first-order valence-electron chi connectivity index (χ1n) is 7.56. The lowest BCUT2D eigenvalue weighted by Crippen LogP contribution is -2.52. The van der Waals surface area contributed by atoms with Crippen LogP contribution in [0, 0.1) is 11.8 Å². The fraction of sp³-hybridized carbons (Fsp3) is 0.800. The van der Waals surface area contributed by atoms with E-state index in [9.17, 15) is 18.3 Å². The highest BCUT2D eigenvalue weighted by molar-refractivity contribution is 7.90. The van der Waals surface area contributed by atoms with Gasteiger partial charge < -0.3 is 5.11 Å². The second-order valence-electron chi connectivity index (χ2n) is 7.21. The number of ketones is 1. The molecule has 0 spiro atoms. The molecule has 0 aromatic rings. The minimum Gasteiger partial charge on any atom is -0.515 e. The lowest BCUT2D eigenvalue weighted by Gasteiger charge is -2.41. The Morgan fingerprint density at radius 1 is 1.24 bits per heavy atom. The van der Waals surface area contributed by atoms with Crippen LogP contribution in [0.1, 0.15) is 52.9 Å². The fourth-order valence-electron chi connectivity index (χ4n) is 3.61. The molecular weight excluding hydrogens is 290 g/mol. The maximum absolute atomic E-state index is 12.7. The molecule has 0 heterocycles. The number of sulfonamides is 1. The van der Waals surface area contributed by atoms with Crippen LogP contribution in [0.3, 0.4) is 0 Å². The van der Waals surface area contributed by atoms with Crippen LogP contribution < -0.4 is 4.72 Å². The van der Waals surface area contributed by atoms with E-state index >= 15 is 0 Å². The summed E-state index contributed by atoms with van der Waals surface area (Å²) in [7, 11) is -3.56. The first-order chi connectivity index (χ1) is 9.65. The molecule has 5 nitrogen and oxygen atoms in total. The Balaban J connectivity index is 2.32. The van der Waals surface area contributed by atoms with Crippen molar-refractivity contribution in [1.82, 2.24) is 4.72 Å². The number of Topliss-reactive ketones (excluding diaryl/α,β-unsaturated/α-hetero) is 1. The number of rotatable bonds is 2. The van der Waals surface area contributed by atoms with E-state index in [4.69, 9.17) is 0 Å². The van der Waals surface area contributed by atoms with Gasteiger partial charge in [-0.15, -0.1) is 0 Å². The van der Waals surface area contributed by atoms with Crippen molar-refractivity contribution in [2.45, 2.75) is 63.7 Å². The van der Waals surface area contributed by atoms with Gasteiger partial charge in [0.2, 0.25) is 10.0 Å². The Bertz CT molecular complexity index is 545. The smallest absolute Gasteiger partial charge is 0.215 e. The summed E-state index contributed by atoms with van der Waals surface area (Å²) < 4.78 is 28.0. The molecule has 0 amide bonds. The molecule has 2 N–H and O–H groups in total. The molecule has 2 aliphatic rings. The molecule has 21 heavy (non-hydrogen) atoms. The lowest BCUT2D eigenvalue weighted by atomic mass is 9.68. The highest BCUT2D eigenvalue weighted by atomic mass is 32.2. The molecular formula is C15H25NO4S. The van der Waals surface area contributed by atoms with Crippen molar-refractivity contribution < 1.29 is 18.3 Å². The predicted molar refractivity (Wildman–Crippen MR) is 81.4 cm³/mol. The third kappa shape index (κ3) is 3.48. The van der Waals surface area contributed by atoms with E-state index in [-0.39, 0.29) is 11.7 Å². The number of hydrogen-bond donors (Lipinski definition) is 2. The summed E-state index contributed by atoms with van der Waals surface area (Å²) in [5, 5.41) is 8.50. The van der Waals surface area contributed by atoms with E-state index in [1.165, 1.54) is 0 Å². The van der Waals surface area contributed by atoms with Gasteiger partial charge in [0, 0.05) is 17.0 Å².